The Morgan fingerprint density at radius 1 is 1.24 bits per heavy atom. The number of aliphatic hydroxyl groups excluding tert-OH is 1. The third-order valence-electron chi connectivity index (χ3n) is 4.02. The summed E-state index contributed by atoms with van der Waals surface area (Å²) in [6.45, 7) is -0.969. The Kier molecular flexibility index (Phi) is 7.94. The normalized spacial score (nSPS) is 20.7. The highest BCUT2D eigenvalue weighted by molar-refractivity contribution is 7.66. The first-order valence-corrected chi connectivity index (χ1v) is 12.9. The van der Waals surface area contributed by atoms with Crippen LogP contribution in [0.4, 0.5) is 10.3 Å². The summed E-state index contributed by atoms with van der Waals surface area (Å²) in [5.74, 6) is -3.99. The van der Waals surface area contributed by atoms with Gasteiger partial charge >= 0.3 is 23.5 Å². The fourth-order valence-electron chi connectivity index (χ4n) is 2.52. The number of phosphoric ester groups is 1. The van der Waals surface area contributed by atoms with Gasteiger partial charge in [-0.2, -0.15) is 13.6 Å². The summed E-state index contributed by atoms with van der Waals surface area (Å²) < 4.78 is 65.2. The van der Waals surface area contributed by atoms with E-state index in [2.05, 4.69) is 32.8 Å². The molecular weight excluding hydrogens is 538 g/mol. The van der Waals surface area contributed by atoms with Crippen molar-refractivity contribution in [3.05, 3.63) is 16.7 Å². The van der Waals surface area contributed by atoms with Crippen molar-refractivity contribution >= 4 is 40.6 Å². The smallest absolute Gasteiger partial charge is 0.382 e. The molecule has 2 aromatic rings. The van der Waals surface area contributed by atoms with Gasteiger partial charge in [-0.3, -0.25) is 18.9 Å². The molecule has 0 fully saturated rings. The molecule has 0 aromatic carbocycles. The van der Waals surface area contributed by atoms with Crippen molar-refractivity contribution in [3.63, 3.8) is 0 Å². The van der Waals surface area contributed by atoms with Gasteiger partial charge in [0.2, 0.25) is 5.95 Å². The number of anilines is 1. The number of nitrogen functional groups attached to an aromatic ring is 1. The van der Waals surface area contributed by atoms with E-state index in [1.165, 1.54) is 0 Å². The van der Waals surface area contributed by atoms with Gasteiger partial charge in [-0.1, -0.05) is 0 Å². The molecule has 0 saturated carbocycles. The van der Waals surface area contributed by atoms with Crippen LogP contribution in [-0.4, -0.2) is 75.0 Å². The number of aromatic nitrogens is 4. The molecular formula is C11H19FN5O14P3. The van der Waals surface area contributed by atoms with Crippen LogP contribution in [0.2, 0.25) is 0 Å². The van der Waals surface area contributed by atoms with Gasteiger partial charge in [0.1, 0.15) is 6.61 Å². The van der Waals surface area contributed by atoms with E-state index >= 15 is 4.39 Å². The number of alkyl halides is 1. The first-order valence-electron chi connectivity index (χ1n) is 8.39. The predicted molar refractivity (Wildman–Crippen MR) is 105 cm³/mol. The van der Waals surface area contributed by atoms with Crippen LogP contribution in [0.5, 0.6) is 0 Å². The van der Waals surface area contributed by atoms with E-state index in [1.54, 1.807) is 0 Å². The van der Waals surface area contributed by atoms with E-state index in [9.17, 15) is 33.6 Å². The monoisotopic (exact) mass is 557 g/mol. The van der Waals surface area contributed by atoms with Gasteiger partial charge in [-0.15, -0.1) is 0 Å². The van der Waals surface area contributed by atoms with Crippen molar-refractivity contribution in [3.8, 4) is 0 Å². The molecule has 2 rings (SSSR count). The maximum absolute atomic E-state index is 15.3. The number of imidazole rings is 1. The number of aliphatic hydroxyl groups is 2. The van der Waals surface area contributed by atoms with Crippen LogP contribution in [0.3, 0.4) is 0 Å². The topological polar surface area (TPSA) is 299 Å². The number of phosphoric acid groups is 3. The van der Waals surface area contributed by atoms with Gasteiger partial charge < -0.3 is 40.3 Å². The van der Waals surface area contributed by atoms with Crippen LogP contribution in [0.25, 0.3) is 11.2 Å². The van der Waals surface area contributed by atoms with Crippen LogP contribution in [0.15, 0.2) is 11.1 Å². The molecule has 0 aliphatic carbocycles. The van der Waals surface area contributed by atoms with Crippen molar-refractivity contribution in [2.24, 2.45) is 0 Å². The summed E-state index contributed by atoms with van der Waals surface area (Å²) in [5, 5.41) is 21.3. The molecule has 0 spiro atoms. The lowest BCUT2D eigenvalue weighted by Crippen LogP contribution is -2.57. The van der Waals surface area contributed by atoms with E-state index < -0.39 is 64.9 Å². The highest BCUT2D eigenvalue weighted by Gasteiger charge is 2.53. The largest absolute Gasteiger partial charge is 0.490 e. The number of H-pyrrole nitrogens is 1. The van der Waals surface area contributed by atoms with Gasteiger partial charge in [0.05, 0.1) is 6.33 Å². The number of aromatic amines is 1. The standard InChI is InChI=1S/C11H19FN5O14P3/c1-10(20,17-4-14-5-6(17)15-9(13)16-7(5)18)8(19)11(12,28-2)3-29-33(24,25)31-34(26,27)30-32(21,22)23/h4,8,19-20H,3H2,1-2H3,(H,24,25)(H,26,27)(H2,21,22,23)(H3,13,15,16,18)/t8-,10+,11+/m0/s1. The Morgan fingerprint density at radius 2 is 1.82 bits per heavy atom. The molecule has 5 atom stereocenters. The zero-order valence-corrected chi connectivity index (χ0v) is 19.6. The molecule has 2 aromatic heterocycles. The molecule has 0 aliphatic rings. The third-order valence-corrected chi connectivity index (χ3v) is 7.80. The van der Waals surface area contributed by atoms with E-state index in [1.807, 2.05) is 0 Å². The second kappa shape index (κ2) is 9.44. The number of rotatable bonds is 11. The Labute approximate surface area is 187 Å². The van der Waals surface area contributed by atoms with Gasteiger partial charge in [0.25, 0.3) is 11.4 Å². The molecule has 23 heteroatoms. The van der Waals surface area contributed by atoms with Gasteiger partial charge in [0.15, 0.2) is 23.0 Å². The minimum absolute atomic E-state index is 0.364. The van der Waals surface area contributed by atoms with Crippen molar-refractivity contribution in [1.82, 2.24) is 19.5 Å². The average Bonchev–Trinajstić information content (AvgIpc) is 3.07. The van der Waals surface area contributed by atoms with Gasteiger partial charge in [-0.05, 0) is 6.92 Å². The minimum atomic E-state index is -5.90. The molecule has 34 heavy (non-hydrogen) atoms. The molecule has 9 N–H and O–H groups in total. The van der Waals surface area contributed by atoms with Crippen molar-refractivity contribution in [2.45, 2.75) is 24.6 Å². The Hall–Kier alpha value is -1.63. The van der Waals surface area contributed by atoms with Gasteiger partial charge in [0, 0.05) is 7.11 Å². The fraction of sp³-hybridized carbons (Fsp3) is 0.545. The Morgan fingerprint density at radius 3 is 2.35 bits per heavy atom. The van der Waals surface area contributed by atoms with E-state index in [-0.39, 0.29) is 5.52 Å². The van der Waals surface area contributed by atoms with Crippen LogP contribution >= 0.6 is 23.5 Å². The van der Waals surface area contributed by atoms with Crippen molar-refractivity contribution < 1.29 is 65.8 Å². The van der Waals surface area contributed by atoms with E-state index in [0.717, 1.165) is 13.3 Å². The lowest BCUT2D eigenvalue weighted by atomic mass is 10.0. The number of hydrogen-bond acceptors (Lipinski definition) is 13. The molecule has 2 unspecified atom stereocenters. The second-order valence-corrected chi connectivity index (χ2v) is 11.0. The third kappa shape index (κ3) is 6.52. The zero-order chi connectivity index (χ0) is 26.3. The number of nitrogens with two attached hydrogens (primary N) is 1. The minimum Gasteiger partial charge on any atom is -0.382 e. The maximum atomic E-state index is 15.3. The predicted octanol–water partition coefficient (Wildman–Crippen LogP) is -1.62. The molecule has 0 saturated heterocycles. The lowest BCUT2D eigenvalue weighted by molar-refractivity contribution is -0.271. The molecule has 0 bridgehead atoms. The number of ether oxygens (including phenoxy) is 1. The van der Waals surface area contributed by atoms with Crippen molar-refractivity contribution in [2.75, 3.05) is 19.5 Å². The molecule has 0 amide bonds. The van der Waals surface area contributed by atoms with Crippen molar-refractivity contribution in [1.29, 1.82) is 0 Å². The molecule has 2 heterocycles. The summed E-state index contributed by atoms with van der Waals surface area (Å²) in [5.41, 5.74) is 1.06. The van der Waals surface area contributed by atoms with Crippen LogP contribution in [0, 0.1) is 0 Å². The van der Waals surface area contributed by atoms with E-state index in [4.69, 9.17) is 20.4 Å². The highest BCUT2D eigenvalue weighted by Crippen LogP contribution is 2.66. The maximum Gasteiger partial charge on any atom is 0.490 e. The quantitative estimate of drug-likeness (QED) is 0.144. The number of methoxy groups -OCH3 is 1. The highest BCUT2D eigenvalue weighted by atomic mass is 31.3. The first kappa shape index (κ1) is 28.6. The first-order chi connectivity index (χ1) is 15.2. The zero-order valence-electron chi connectivity index (χ0n) is 16.9. The number of fused-ring (bicyclic) bond motifs is 1. The Bertz CT molecular complexity index is 1260. The summed E-state index contributed by atoms with van der Waals surface area (Å²) in [7, 11) is -16.7. The van der Waals surface area contributed by atoms with Crippen LogP contribution in [-0.2, 0) is 37.3 Å². The summed E-state index contributed by atoms with van der Waals surface area (Å²) in [4.78, 5) is 57.0. The number of halogens is 1. The summed E-state index contributed by atoms with van der Waals surface area (Å²) in [6.07, 6.45) is -1.93. The summed E-state index contributed by atoms with van der Waals surface area (Å²) >= 11 is 0. The number of nitrogens with zero attached hydrogens (tertiary/aromatic N) is 3. The second-order valence-electron chi connectivity index (χ2n) is 6.59. The molecule has 0 radical (unpaired) electrons. The number of nitrogens with one attached hydrogen (secondary N) is 1. The molecule has 19 nitrogen and oxygen atoms in total. The molecule has 0 aliphatic heterocycles. The van der Waals surface area contributed by atoms with Crippen LogP contribution in [0.1, 0.15) is 6.92 Å². The number of hydrogen-bond donors (Lipinski definition) is 8. The lowest BCUT2D eigenvalue weighted by Gasteiger charge is -2.38. The SMILES string of the molecule is CO[C@](F)(COP(=O)(O)OP(=O)(O)OP(=O)(O)O)[C@@H](O)[C@@](C)(O)n1cnc2c(=O)[nH]c(N)nc21. The van der Waals surface area contributed by atoms with E-state index in [0.29, 0.717) is 11.7 Å². The van der Waals surface area contributed by atoms with Gasteiger partial charge in [-0.25, -0.2) is 23.1 Å². The fourth-order valence-corrected chi connectivity index (χ4v) is 5.55. The van der Waals surface area contributed by atoms with Crippen LogP contribution < -0.4 is 11.3 Å². The summed E-state index contributed by atoms with van der Waals surface area (Å²) in [6, 6.07) is 0. The molecule has 194 valence electrons. The Balaban J connectivity index is 2.30. The average molecular weight is 557 g/mol.